The number of rotatable bonds is 2. The quantitative estimate of drug-likeness (QED) is 0.776. The highest BCUT2D eigenvalue weighted by Gasteiger charge is 2.31. The highest BCUT2D eigenvalue weighted by molar-refractivity contribution is 5.45. The van der Waals surface area contributed by atoms with Gasteiger partial charge in [0.25, 0.3) is 0 Å². The van der Waals surface area contributed by atoms with Crippen molar-refractivity contribution in [2.75, 3.05) is 0 Å². The lowest BCUT2D eigenvalue weighted by atomic mass is 10.0. The number of halogens is 3. The maximum atomic E-state index is 12.0. The first-order chi connectivity index (χ1) is 7.31. The SMILES string of the molecule is C[C](C)c1cc(C#N)cc(OC(F)(F)F)c1. The Kier molecular flexibility index (Phi) is 3.43. The second-order valence-electron chi connectivity index (χ2n) is 3.41. The van der Waals surface area contributed by atoms with E-state index in [4.69, 9.17) is 5.26 Å². The maximum Gasteiger partial charge on any atom is 0.573 e. The van der Waals surface area contributed by atoms with Gasteiger partial charge in [-0.3, -0.25) is 0 Å². The van der Waals surface area contributed by atoms with E-state index in [0.717, 1.165) is 12.0 Å². The van der Waals surface area contributed by atoms with Crippen LogP contribution in [0.4, 0.5) is 13.2 Å². The maximum absolute atomic E-state index is 12.0. The van der Waals surface area contributed by atoms with Gasteiger partial charge in [0.05, 0.1) is 11.6 Å². The van der Waals surface area contributed by atoms with Crippen LogP contribution in [0.1, 0.15) is 25.0 Å². The van der Waals surface area contributed by atoms with Crippen LogP contribution in [0.5, 0.6) is 5.75 Å². The van der Waals surface area contributed by atoms with Gasteiger partial charge < -0.3 is 4.74 Å². The molecular weight excluding hydrogens is 219 g/mol. The van der Waals surface area contributed by atoms with Crippen molar-refractivity contribution < 1.29 is 17.9 Å². The number of ether oxygens (including phenoxy) is 1. The molecule has 1 aromatic rings. The summed E-state index contributed by atoms with van der Waals surface area (Å²) in [5.74, 6) is 0.437. The van der Waals surface area contributed by atoms with E-state index in [0.29, 0.717) is 5.56 Å². The lowest BCUT2D eigenvalue weighted by Gasteiger charge is -2.12. The molecule has 0 saturated heterocycles. The molecule has 1 rings (SSSR count). The van der Waals surface area contributed by atoms with Crippen LogP contribution in [-0.4, -0.2) is 6.36 Å². The van der Waals surface area contributed by atoms with Crippen LogP contribution in [0.2, 0.25) is 0 Å². The Morgan fingerprint density at radius 3 is 2.31 bits per heavy atom. The minimum Gasteiger partial charge on any atom is -0.406 e. The summed E-state index contributed by atoms with van der Waals surface area (Å²) >= 11 is 0. The third-order valence-corrected chi connectivity index (χ3v) is 1.85. The van der Waals surface area contributed by atoms with Gasteiger partial charge in [-0.05, 0) is 29.7 Å². The van der Waals surface area contributed by atoms with E-state index in [2.05, 4.69) is 4.74 Å². The molecule has 0 bridgehead atoms. The van der Waals surface area contributed by atoms with Crippen LogP contribution >= 0.6 is 0 Å². The highest BCUT2D eigenvalue weighted by atomic mass is 19.4. The third kappa shape index (κ3) is 3.46. The van der Waals surface area contributed by atoms with Crippen LogP contribution < -0.4 is 4.74 Å². The molecule has 0 saturated carbocycles. The minimum atomic E-state index is -4.74. The molecule has 1 radical (unpaired) electrons. The summed E-state index contributed by atoms with van der Waals surface area (Å²) in [6.45, 7) is 3.49. The van der Waals surface area contributed by atoms with Gasteiger partial charge in [0.2, 0.25) is 0 Å². The molecule has 0 N–H and O–H groups in total. The van der Waals surface area contributed by atoms with Gasteiger partial charge in [0.1, 0.15) is 5.75 Å². The Labute approximate surface area is 91.3 Å². The minimum absolute atomic E-state index is 0.137. The first-order valence-corrected chi connectivity index (χ1v) is 4.43. The van der Waals surface area contributed by atoms with Crippen molar-refractivity contribution in [1.29, 1.82) is 5.26 Å². The first kappa shape index (κ1) is 12.4. The monoisotopic (exact) mass is 228 g/mol. The van der Waals surface area contributed by atoms with Crippen molar-refractivity contribution in [2.45, 2.75) is 20.2 Å². The van der Waals surface area contributed by atoms with Crippen molar-refractivity contribution >= 4 is 0 Å². The normalized spacial score (nSPS) is 11.3. The van der Waals surface area contributed by atoms with Gasteiger partial charge in [0, 0.05) is 0 Å². The van der Waals surface area contributed by atoms with E-state index in [1.165, 1.54) is 12.1 Å². The zero-order chi connectivity index (χ0) is 12.3. The highest BCUT2D eigenvalue weighted by Crippen LogP contribution is 2.27. The molecule has 0 spiro atoms. The van der Waals surface area contributed by atoms with E-state index in [1.807, 2.05) is 0 Å². The van der Waals surface area contributed by atoms with E-state index in [1.54, 1.807) is 19.9 Å². The summed E-state index contributed by atoms with van der Waals surface area (Å²) in [5, 5.41) is 8.67. The number of nitriles is 1. The Hall–Kier alpha value is -1.70. The molecule has 0 heterocycles. The molecule has 0 aromatic heterocycles. The average molecular weight is 228 g/mol. The van der Waals surface area contributed by atoms with Crippen LogP contribution in [0, 0.1) is 17.2 Å². The lowest BCUT2D eigenvalue weighted by molar-refractivity contribution is -0.274. The topological polar surface area (TPSA) is 33.0 Å². The van der Waals surface area contributed by atoms with Gasteiger partial charge in [-0.1, -0.05) is 13.8 Å². The summed E-state index contributed by atoms with van der Waals surface area (Å²) in [6, 6.07) is 5.61. The van der Waals surface area contributed by atoms with Crippen molar-refractivity contribution in [3.8, 4) is 11.8 Å². The van der Waals surface area contributed by atoms with Gasteiger partial charge in [-0.25, -0.2) is 0 Å². The Morgan fingerprint density at radius 2 is 1.88 bits per heavy atom. The molecule has 0 aliphatic rings. The predicted octanol–water partition coefficient (Wildman–Crippen LogP) is 3.42. The molecule has 0 unspecified atom stereocenters. The molecule has 0 amide bonds. The largest absolute Gasteiger partial charge is 0.573 e. The van der Waals surface area contributed by atoms with Crippen LogP contribution in [-0.2, 0) is 0 Å². The molecule has 85 valence electrons. The molecule has 0 atom stereocenters. The summed E-state index contributed by atoms with van der Waals surface area (Å²) in [6.07, 6.45) is -4.74. The van der Waals surface area contributed by atoms with E-state index in [-0.39, 0.29) is 11.3 Å². The zero-order valence-corrected chi connectivity index (χ0v) is 8.72. The molecule has 0 fully saturated rings. The number of hydrogen-bond donors (Lipinski definition) is 0. The van der Waals surface area contributed by atoms with E-state index in [9.17, 15) is 13.2 Å². The summed E-state index contributed by atoms with van der Waals surface area (Å²) in [5.41, 5.74) is 0.691. The Balaban J connectivity index is 3.11. The van der Waals surface area contributed by atoms with Crippen molar-refractivity contribution in [3.05, 3.63) is 35.2 Å². The molecule has 0 aliphatic carbocycles. The predicted molar refractivity (Wildman–Crippen MR) is 51.5 cm³/mol. The number of alkyl halides is 3. The zero-order valence-electron chi connectivity index (χ0n) is 8.72. The smallest absolute Gasteiger partial charge is 0.406 e. The summed E-state index contributed by atoms with van der Waals surface area (Å²) < 4.78 is 39.8. The third-order valence-electron chi connectivity index (χ3n) is 1.85. The van der Waals surface area contributed by atoms with Crippen molar-refractivity contribution in [1.82, 2.24) is 0 Å². The first-order valence-electron chi connectivity index (χ1n) is 4.43. The average Bonchev–Trinajstić information content (AvgIpc) is 2.14. The Morgan fingerprint density at radius 1 is 1.25 bits per heavy atom. The second-order valence-corrected chi connectivity index (χ2v) is 3.41. The van der Waals surface area contributed by atoms with E-state index < -0.39 is 6.36 Å². The van der Waals surface area contributed by atoms with Crippen LogP contribution in [0.3, 0.4) is 0 Å². The molecule has 16 heavy (non-hydrogen) atoms. The number of hydrogen-bond acceptors (Lipinski definition) is 2. The molecule has 0 aliphatic heterocycles. The van der Waals surface area contributed by atoms with Crippen LogP contribution in [0.15, 0.2) is 18.2 Å². The van der Waals surface area contributed by atoms with Gasteiger partial charge in [-0.2, -0.15) is 5.26 Å². The molecular formula is C11H9F3NO. The van der Waals surface area contributed by atoms with Gasteiger partial charge in [0.15, 0.2) is 0 Å². The molecule has 5 heteroatoms. The second kappa shape index (κ2) is 4.44. The van der Waals surface area contributed by atoms with Gasteiger partial charge >= 0.3 is 6.36 Å². The standard InChI is InChI=1S/C11H9F3NO/c1-7(2)9-3-8(6-15)4-10(5-9)16-11(12,13)14/h3-5H,1-2H3. The summed E-state index contributed by atoms with van der Waals surface area (Å²) in [4.78, 5) is 0. The fourth-order valence-corrected chi connectivity index (χ4v) is 1.14. The van der Waals surface area contributed by atoms with E-state index >= 15 is 0 Å². The van der Waals surface area contributed by atoms with Crippen LogP contribution in [0.25, 0.3) is 0 Å². The van der Waals surface area contributed by atoms with Crippen molar-refractivity contribution in [3.63, 3.8) is 0 Å². The van der Waals surface area contributed by atoms with Gasteiger partial charge in [-0.15, -0.1) is 13.2 Å². The molecule has 2 nitrogen and oxygen atoms in total. The fourth-order valence-electron chi connectivity index (χ4n) is 1.14. The molecule has 1 aromatic carbocycles. The summed E-state index contributed by atoms with van der Waals surface area (Å²) in [7, 11) is 0. The van der Waals surface area contributed by atoms with Crippen molar-refractivity contribution in [2.24, 2.45) is 0 Å². The fraction of sp³-hybridized carbons (Fsp3) is 0.273. The number of benzene rings is 1. The lowest BCUT2D eigenvalue weighted by Crippen LogP contribution is -2.17. The number of nitrogens with zero attached hydrogens (tertiary/aromatic N) is 1. The Bertz CT molecular complexity index is 418.